The first-order valence-corrected chi connectivity index (χ1v) is 11.1. The second-order valence-electron chi connectivity index (χ2n) is 6.04. The number of rotatable bonds is 8. The molecule has 30 heavy (non-hydrogen) atoms. The van der Waals surface area contributed by atoms with E-state index in [4.69, 9.17) is 4.74 Å². The van der Waals surface area contributed by atoms with E-state index in [9.17, 15) is 13.2 Å². The molecule has 1 amide bonds. The SMILES string of the molecule is C=CCNC(=O)c1cccnc1Oc1cccc(NS(=O)(=O)c2ccc(Br)cc2)c1. The van der Waals surface area contributed by atoms with Gasteiger partial charge in [0.25, 0.3) is 15.9 Å². The van der Waals surface area contributed by atoms with Gasteiger partial charge in [-0.15, -0.1) is 6.58 Å². The number of nitrogens with one attached hydrogen (secondary N) is 2. The number of aromatic nitrogens is 1. The van der Waals surface area contributed by atoms with E-state index in [-0.39, 0.29) is 22.2 Å². The van der Waals surface area contributed by atoms with Crippen LogP contribution in [0.1, 0.15) is 10.4 Å². The second-order valence-corrected chi connectivity index (χ2v) is 8.64. The molecule has 0 unspecified atom stereocenters. The van der Waals surface area contributed by atoms with Crippen LogP contribution in [0.4, 0.5) is 5.69 Å². The molecule has 0 bridgehead atoms. The van der Waals surface area contributed by atoms with Crippen LogP contribution in [0.25, 0.3) is 0 Å². The Kier molecular flexibility index (Phi) is 6.86. The standard InChI is InChI=1S/C21H18BrN3O4S/c1-2-12-23-20(26)19-7-4-13-24-21(19)29-17-6-3-5-16(14-17)25-30(27,28)18-10-8-15(22)9-11-18/h2-11,13-14,25H,1,12H2,(H,23,26). The molecule has 0 fully saturated rings. The van der Waals surface area contributed by atoms with Gasteiger partial charge in [0.05, 0.1) is 10.6 Å². The zero-order valence-corrected chi connectivity index (χ0v) is 18.1. The maximum absolute atomic E-state index is 12.6. The van der Waals surface area contributed by atoms with Crippen LogP contribution >= 0.6 is 15.9 Å². The molecule has 154 valence electrons. The van der Waals surface area contributed by atoms with E-state index in [1.165, 1.54) is 24.4 Å². The van der Waals surface area contributed by atoms with Crippen molar-refractivity contribution in [3.63, 3.8) is 0 Å². The van der Waals surface area contributed by atoms with Crippen LogP contribution in [0.3, 0.4) is 0 Å². The molecule has 0 saturated carbocycles. The van der Waals surface area contributed by atoms with Crippen molar-refractivity contribution in [1.82, 2.24) is 10.3 Å². The minimum atomic E-state index is -3.77. The number of amides is 1. The monoisotopic (exact) mass is 487 g/mol. The van der Waals surface area contributed by atoms with Crippen LogP contribution in [0.5, 0.6) is 11.6 Å². The highest BCUT2D eigenvalue weighted by Gasteiger charge is 2.16. The van der Waals surface area contributed by atoms with Gasteiger partial charge in [-0.25, -0.2) is 13.4 Å². The van der Waals surface area contributed by atoms with Crippen LogP contribution in [0.2, 0.25) is 0 Å². The van der Waals surface area contributed by atoms with E-state index in [2.05, 4.69) is 37.5 Å². The lowest BCUT2D eigenvalue weighted by Gasteiger charge is -2.12. The van der Waals surface area contributed by atoms with E-state index in [1.54, 1.807) is 48.5 Å². The summed E-state index contributed by atoms with van der Waals surface area (Å²) >= 11 is 3.28. The Hall–Kier alpha value is -3.17. The number of pyridine rings is 1. The summed E-state index contributed by atoms with van der Waals surface area (Å²) < 4.78 is 34.2. The van der Waals surface area contributed by atoms with E-state index in [0.29, 0.717) is 18.0 Å². The molecule has 9 heteroatoms. The van der Waals surface area contributed by atoms with Crippen LogP contribution in [-0.4, -0.2) is 25.9 Å². The van der Waals surface area contributed by atoms with Crippen LogP contribution in [-0.2, 0) is 10.0 Å². The van der Waals surface area contributed by atoms with Gasteiger partial charge in [-0.2, -0.15) is 0 Å². The van der Waals surface area contributed by atoms with E-state index >= 15 is 0 Å². The number of carbonyl (C=O) groups excluding carboxylic acids is 1. The van der Waals surface area contributed by atoms with Gasteiger partial charge < -0.3 is 10.1 Å². The highest BCUT2D eigenvalue weighted by Crippen LogP contribution is 2.27. The van der Waals surface area contributed by atoms with Crippen molar-refractivity contribution in [1.29, 1.82) is 0 Å². The Morgan fingerprint density at radius 2 is 1.90 bits per heavy atom. The van der Waals surface area contributed by atoms with Crippen molar-refractivity contribution in [3.05, 3.63) is 89.6 Å². The molecule has 2 N–H and O–H groups in total. The number of sulfonamides is 1. The first-order chi connectivity index (χ1) is 14.4. The van der Waals surface area contributed by atoms with Crippen molar-refractivity contribution >= 4 is 37.5 Å². The first kappa shape index (κ1) is 21.5. The average molecular weight is 488 g/mol. The fourth-order valence-corrected chi connectivity index (χ4v) is 3.78. The lowest BCUT2D eigenvalue weighted by molar-refractivity contribution is 0.0955. The molecule has 0 aliphatic carbocycles. The molecule has 0 saturated heterocycles. The molecule has 3 rings (SSSR count). The number of halogens is 1. The molecule has 0 radical (unpaired) electrons. The number of hydrogen-bond acceptors (Lipinski definition) is 5. The normalized spacial score (nSPS) is 10.8. The zero-order valence-electron chi connectivity index (χ0n) is 15.7. The maximum atomic E-state index is 12.6. The lowest BCUT2D eigenvalue weighted by Crippen LogP contribution is -2.23. The third-order valence-corrected chi connectivity index (χ3v) is 5.77. The zero-order chi connectivity index (χ0) is 21.6. The molecule has 0 aliphatic heterocycles. The fourth-order valence-electron chi connectivity index (χ4n) is 2.47. The van der Waals surface area contributed by atoms with Gasteiger partial charge in [0.1, 0.15) is 11.3 Å². The molecule has 0 aliphatic rings. The third kappa shape index (κ3) is 5.46. The van der Waals surface area contributed by atoms with Gasteiger partial charge in [0, 0.05) is 23.3 Å². The second kappa shape index (κ2) is 9.55. The fraction of sp³-hybridized carbons (Fsp3) is 0.0476. The molecule has 1 heterocycles. The summed E-state index contributed by atoms with van der Waals surface area (Å²) in [7, 11) is -3.77. The summed E-state index contributed by atoms with van der Waals surface area (Å²) in [5, 5.41) is 2.67. The number of benzene rings is 2. The Morgan fingerprint density at radius 1 is 1.13 bits per heavy atom. The van der Waals surface area contributed by atoms with Gasteiger partial charge in [0.15, 0.2) is 0 Å². The van der Waals surface area contributed by atoms with Gasteiger partial charge in [-0.3, -0.25) is 9.52 Å². The van der Waals surface area contributed by atoms with Crippen molar-refractivity contribution in [3.8, 4) is 11.6 Å². The smallest absolute Gasteiger partial charge is 0.261 e. The van der Waals surface area contributed by atoms with Crippen LogP contribution in [0, 0.1) is 0 Å². The quantitative estimate of drug-likeness (QED) is 0.460. The third-order valence-electron chi connectivity index (χ3n) is 3.85. The summed E-state index contributed by atoms with van der Waals surface area (Å²) in [6.45, 7) is 3.87. The Balaban J connectivity index is 1.81. The first-order valence-electron chi connectivity index (χ1n) is 8.79. The number of anilines is 1. The minimum absolute atomic E-state index is 0.104. The highest BCUT2D eigenvalue weighted by atomic mass is 79.9. The Morgan fingerprint density at radius 3 is 2.63 bits per heavy atom. The Labute approximate surface area is 183 Å². The predicted molar refractivity (Wildman–Crippen MR) is 118 cm³/mol. The van der Waals surface area contributed by atoms with Gasteiger partial charge in [-0.1, -0.05) is 28.1 Å². The predicted octanol–water partition coefficient (Wildman–Crippen LogP) is 4.35. The molecule has 7 nitrogen and oxygen atoms in total. The van der Waals surface area contributed by atoms with Crippen molar-refractivity contribution in [2.24, 2.45) is 0 Å². The van der Waals surface area contributed by atoms with E-state index in [0.717, 1.165) is 4.47 Å². The molecule has 1 aromatic heterocycles. The Bertz CT molecular complexity index is 1160. The lowest BCUT2D eigenvalue weighted by atomic mass is 10.2. The molecule has 2 aromatic carbocycles. The summed E-state index contributed by atoms with van der Waals surface area (Å²) in [6.07, 6.45) is 3.07. The molecule has 3 aromatic rings. The van der Waals surface area contributed by atoms with Crippen LogP contribution < -0.4 is 14.8 Å². The molecular weight excluding hydrogens is 470 g/mol. The largest absolute Gasteiger partial charge is 0.438 e. The topological polar surface area (TPSA) is 97.4 Å². The minimum Gasteiger partial charge on any atom is -0.438 e. The van der Waals surface area contributed by atoms with Gasteiger partial charge in [-0.05, 0) is 48.5 Å². The summed E-state index contributed by atoms with van der Waals surface area (Å²) in [4.78, 5) is 16.5. The van der Waals surface area contributed by atoms with Crippen LogP contribution in [0.15, 0.2) is 88.9 Å². The molecule has 0 atom stereocenters. The summed E-state index contributed by atoms with van der Waals surface area (Å²) in [5.74, 6) is 0.0690. The highest BCUT2D eigenvalue weighted by molar-refractivity contribution is 9.10. The average Bonchev–Trinajstić information content (AvgIpc) is 2.72. The molecular formula is C21H18BrN3O4S. The van der Waals surface area contributed by atoms with Gasteiger partial charge in [0.2, 0.25) is 5.88 Å². The summed E-state index contributed by atoms with van der Waals surface area (Å²) in [5.41, 5.74) is 0.559. The maximum Gasteiger partial charge on any atom is 0.261 e. The molecule has 0 spiro atoms. The van der Waals surface area contributed by atoms with E-state index < -0.39 is 10.0 Å². The number of carbonyl (C=O) groups is 1. The van der Waals surface area contributed by atoms with Crippen molar-refractivity contribution < 1.29 is 17.9 Å². The van der Waals surface area contributed by atoms with E-state index in [1.807, 2.05) is 0 Å². The number of ether oxygens (including phenoxy) is 1. The van der Waals surface area contributed by atoms with Crippen molar-refractivity contribution in [2.75, 3.05) is 11.3 Å². The number of nitrogens with zero attached hydrogens (tertiary/aromatic N) is 1. The number of hydrogen-bond donors (Lipinski definition) is 2. The van der Waals surface area contributed by atoms with Crippen molar-refractivity contribution in [2.45, 2.75) is 4.90 Å². The van der Waals surface area contributed by atoms with Gasteiger partial charge >= 0.3 is 0 Å². The summed E-state index contributed by atoms with van der Waals surface area (Å²) in [6, 6.07) is 15.9.